The van der Waals surface area contributed by atoms with Gasteiger partial charge in [-0.3, -0.25) is 0 Å². The molecular formula is C5H17N3Si. The smallest absolute Gasteiger partial charge is 0.195 e. The Kier molecular flexibility index (Phi) is 4.04. The monoisotopic (exact) mass is 147 g/mol. The van der Waals surface area contributed by atoms with Crippen LogP contribution in [0.4, 0.5) is 0 Å². The Morgan fingerprint density at radius 3 is 2.22 bits per heavy atom. The lowest BCUT2D eigenvalue weighted by Crippen LogP contribution is -2.55. The van der Waals surface area contributed by atoms with E-state index in [0.29, 0.717) is 6.54 Å². The molecule has 4 heteroatoms. The van der Waals surface area contributed by atoms with Crippen LogP contribution in [-0.4, -0.2) is 14.9 Å². The molecule has 0 heterocycles. The van der Waals surface area contributed by atoms with E-state index in [2.05, 4.69) is 0 Å². The maximum absolute atomic E-state index is 5.76. The van der Waals surface area contributed by atoms with E-state index < -0.39 is 8.40 Å². The third-order valence-electron chi connectivity index (χ3n) is 1.50. The average Bonchev–Trinajstić information content (AvgIpc) is 1.84. The molecule has 0 unspecified atom stereocenters. The molecule has 0 aliphatic rings. The maximum atomic E-state index is 5.76. The van der Waals surface area contributed by atoms with Gasteiger partial charge >= 0.3 is 0 Å². The highest BCUT2D eigenvalue weighted by Gasteiger charge is 2.18. The van der Waals surface area contributed by atoms with Crippen molar-refractivity contribution in [3.8, 4) is 0 Å². The lowest BCUT2D eigenvalue weighted by atomic mass is 10.5. The number of rotatable bonds is 4. The van der Waals surface area contributed by atoms with Crippen LogP contribution in [0.2, 0.25) is 12.1 Å². The predicted molar refractivity (Wildman–Crippen MR) is 43.1 cm³/mol. The molecule has 0 aliphatic heterocycles. The van der Waals surface area contributed by atoms with Gasteiger partial charge in [0, 0.05) is 0 Å². The lowest BCUT2D eigenvalue weighted by Gasteiger charge is -2.17. The van der Waals surface area contributed by atoms with Crippen molar-refractivity contribution in [2.45, 2.75) is 25.4 Å². The Morgan fingerprint density at radius 2 is 1.89 bits per heavy atom. The molecule has 0 aromatic rings. The number of hydrogen-bond donors (Lipinski definition) is 3. The summed E-state index contributed by atoms with van der Waals surface area (Å²) in [4.78, 5) is 0. The minimum Gasteiger partial charge on any atom is -0.339 e. The van der Waals surface area contributed by atoms with Crippen LogP contribution in [-0.2, 0) is 0 Å². The van der Waals surface area contributed by atoms with Crippen molar-refractivity contribution >= 4 is 8.40 Å². The Labute approximate surface area is 57.8 Å². The molecule has 0 radical (unpaired) electrons. The molecule has 0 bridgehead atoms. The molecule has 3 nitrogen and oxygen atoms in total. The van der Waals surface area contributed by atoms with E-state index in [1.165, 1.54) is 0 Å². The normalized spacial score (nSPS) is 12.0. The summed E-state index contributed by atoms with van der Waals surface area (Å²) in [5.74, 6) is 0. The summed E-state index contributed by atoms with van der Waals surface area (Å²) in [6.07, 6.45) is 0.979. The van der Waals surface area contributed by atoms with Gasteiger partial charge < -0.3 is 16.5 Å². The average molecular weight is 147 g/mol. The molecule has 0 spiro atoms. The second kappa shape index (κ2) is 4.00. The van der Waals surface area contributed by atoms with Gasteiger partial charge in [0.05, 0.1) is 0 Å². The summed E-state index contributed by atoms with van der Waals surface area (Å²) in [5, 5.41) is 11.5. The Morgan fingerprint density at radius 1 is 1.33 bits per heavy atom. The van der Waals surface area contributed by atoms with Gasteiger partial charge in [0.1, 0.15) is 0 Å². The summed E-state index contributed by atoms with van der Waals surface area (Å²) >= 11 is 0. The van der Waals surface area contributed by atoms with Gasteiger partial charge in [-0.25, -0.2) is 0 Å². The highest BCUT2D eigenvalue weighted by atomic mass is 28.3. The first kappa shape index (κ1) is 9.10. The van der Waals surface area contributed by atoms with Crippen LogP contribution >= 0.6 is 0 Å². The number of nitrogens with two attached hydrogens (primary N) is 3. The van der Waals surface area contributed by atoms with E-state index >= 15 is 0 Å². The fraction of sp³-hybridized carbons (Fsp3) is 1.00. The van der Waals surface area contributed by atoms with Crippen molar-refractivity contribution < 1.29 is 0 Å². The van der Waals surface area contributed by atoms with E-state index in [-0.39, 0.29) is 0 Å². The van der Waals surface area contributed by atoms with Gasteiger partial charge in [-0.2, -0.15) is 0 Å². The molecule has 0 fully saturated rings. The van der Waals surface area contributed by atoms with Gasteiger partial charge in [0.2, 0.25) is 0 Å². The van der Waals surface area contributed by atoms with E-state index in [1.807, 2.05) is 6.92 Å². The van der Waals surface area contributed by atoms with Gasteiger partial charge in [0.15, 0.2) is 8.40 Å². The summed E-state index contributed by atoms with van der Waals surface area (Å²) in [5.41, 5.74) is 5.30. The van der Waals surface area contributed by atoms with Crippen LogP contribution in [0.1, 0.15) is 13.3 Å². The van der Waals surface area contributed by atoms with E-state index in [9.17, 15) is 0 Å². The van der Waals surface area contributed by atoms with Gasteiger partial charge in [-0.15, -0.1) is 0 Å². The fourth-order valence-corrected chi connectivity index (χ4v) is 1.82. The molecule has 0 atom stereocenters. The van der Waals surface area contributed by atoms with Crippen molar-refractivity contribution in [1.29, 1.82) is 0 Å². The van der Waals surface area contributed by atoms with Crippen LogP contribution < -0.4 is 16.5 Å². The van der Waals surface area contributed by atoms with Crippen molar-refractivity contribution in [1.82, 2.24) is 0 Å². The SMILES string of the molecule is CC[Si](N)(N)CCCN. The minimum atomic E-state index is -1.78. The quantitative estimate of drug-likeness (QED) is 0.478. The highest BCUT2D eigenvalue weighted by molar-refractivity contribution is 6.73. The van der Waals surface area contributed by atoms with Crippen LogP contribution in [0, 0.1) is 0 Å². The largest absolute Gasteiger partial charge is 0.339 e. The molecule has 0 aromatic heterocycles. The van der Waals surface area contributed by atoms with Gasteiger partial charge in [0.25, 0.3) is 0 Å². The van der Waals surface area contributed by atoms with Crippen LogP contribution in [0.5, 0.6) is 0 Å². The summed E-state index contributed by atoms with van der Waals surface area (Å²) in [6, 6.07) is 1.91. The zero-order valence-electron chi connectivity index (χ0n) is 6.06. The minimum absolute atomic E-state index is 0.711. The summed E-state index contributed by atoms with van der Waals surface area (Å²) in [6.45, 7) is 2.76. The summed E-state index contributed by atoms with van der Waals surface area (Å²) in [7, 11) is -1.78. The third kappa shape index (κ3) is 4.59. The predicted octanol–water partition coefficient (Wildman–Crippen LogP) is -0.285. The van der Waals surface area contributed by atoms with Crippen molar-refractivity contribution in [2.24, 2.45) is 16.5 Å². The van der Waals surface area contributed by atoms with Crippen molar-refractivity contribution in [3.63, 3.8) is 0 Å². The van der Waals surface area contributed by atoms with Crippen LogP contribution in [0.15, 0.2) is 0 Å². The molecule has 0 rings (SSSR count). The molecule has 0 amide bonds. The molecule has 0 aromatic carbocycles. The molecule has 9 heavy (non-hydrogen) atoms. The lowest BCUT2D eigenvalue weighted by molar-refractivity contribution is 0.899. The molecular weight excluding hydrogens is 130 g/mol. The first-order valence-electron chi connectivity index (χ1n) is 3.40. The zero-order valence-corrected chi connectivity index (χ0v) is 7.06. The molecule has 6 N–H and O–H groups in total. The van der Waals surface area contributed by atoms with E-state index in [0.717, 1.165) is 18.5 Å². The van der Waals surface area contributed by atoms with E-state index in [4.69, 9.17) is 16.5 Å². The second-order valence-electron chi connectivity index (χ2n) is 2.48. The first-order valence-corrected chi connectivity index (χ1v) is 5.97. The third-order valence-corrected chi connectivity index (χ3v) is 4.11. The Balaban J connectivity index is 3.33. The van der Waals surface area contributed by atoms with Crippen molar-refractivity contribution in [2.75, 3.05) is 6.54 Å². The van der Waals surface area contributed by atoms with Gasteiger partial charge in [-0.05, 0) is 25.1 Å². The fourth-order valence-electron chi connectivity index (χ4n) is 0.608. The van der Waals surface area contributed by atoms with Crippen LogP contribution in [0.3, 0.4) is 0 Å². The van der Waals surface area contributed by atoms with Gasteiger partial charge in [-0.1, -0.05) is 6.92 Å². The molecule has 0 saturated carbocycles. The topological polar surface area (TPSA) is 78.1 Å². The molecule has 0 aliphatic carbocycles. The second-order valence-corrected chi connectivity index (χ2v) is 6.15. The molecule has 56 valence electrons. The Hall–Kier alpha value is 0.0969. The van der Waals surface area contributed by atoms with Crippen molar-refractivity contribution in [3.05, 3.63) is 0 Å². The Bertz CT molecular complexity index is 74.6. The summed E-state index contributed by atoms with van der Waals surface area (Å²) < 4.78 is 0. The first-order chi connectivity index (χ1) is 4.12. The highest BCUT2D eigenvalue weighted by Crippen LogP contribution is 2.02. The van der Waals surface area contributed by atoms with Crippen LogP contribution in [0.25, 0.3) is 0 Å². The zero-order chi connectivity index (χ0) is 7.33. The van der Waals surface area contributed by atoms with E-state index in [1.54, 1.807) is 0 Å². The maximum Gasteiger partial charge on any atom is 0.195 e. The standard InChI is InChI=1S/C5H17N3Si/c1-2-9(7,8)5-3-4-6/h2-8H2,1H3. The molecule has 0 saturated heterocycles. The number of hydrogen-bond acceptors (Lipinski definition) is 3.